The summed E-state index contributed by atoms with van der Waals surface area (Å²) in [5.41, 5.74) is 1.01. The maximum atomic E-state index is 10.7. The van der Waals surface area contributed by atoms with Crippen LogP contribution in [0.25, 0.3) is 10.2 Å². The van der Waals surface area contributed by atoms with Crippen LogP contribution in [-0.2, 0) is 17.8 Å². The Labute approximate surface area is 170 Å². The molecule has 0 radical (unpaired) electrons. The van der Waals surface area contributed by atoms with Gasteiger partial charge in [-0.3, -0.25) is 9.69 Å². The zero-order chi connectivity index (χ0) is 18.8. The number of hydrogen-bond acceptors (Lipinski definition) is 6. The number of aromatic nitrogens is 1. The highest BCUT2D eigenvalue weighted by atomic mass is 35.5. The lowest BCUT2D eigenvalue weighted by Gasteiger charge is -2.34. The average Bonchev–Trinajstić information content (AvgIpc) is 3.27. The number of carbonyl (C=O) groups is 1. The predicted octanol–water partition coefficient (Wildman–Crippen LogP) is 4.35. The molecule has 1 aliphatic rings. The van der Waals surface area contributed by atoms with Crippen molar-refractivity contribution in [1.29, 1.82) is 0 Å². The van der Waals surface area contributed by atoms with Crippen molar-refractivity contribution in [3.8, 4) is 0 Å². The van der Waals surface area contributed by atoms with Crippen molar-refractivity contribution in [1.82, 2.24) is 9.88 Å². The molecule has 142 valence electrons. The number of carboxylic acid groups (broad SMARTS) is 1. The number of nitrogens with zero attached hydrogens (tertiary/aromatic N) is 3. The van der Waals surface area contributed by atoms with E-state index in [9.17, 15) is 4.79 Å². The normalized spacial score (nSPS) is 15.5. The molecule has 0 amide bonds. The number of anilines is 1. The van der Waals surface area contributed by atoms with Gasteiger partial charge in [0.1, 0.15) is 0 Å². The summed E-state index contributed by atoms with van der Waals surface area (Å²) in [6.07, 6.45) is 0.821. The number of halogens is 1. The van der Waals surface area contributed by atoms with Gasteiger partial charge in [0.15, 0.2) is 5.13 Å². The van der Waals surface area contributed by atoms with Crippen molar-refractivity contribution >= 4 is 55.6 Å². The van der Waals surface area contributed by atoms with Crippen LogP contribution in [0.1, 0.15) is 16.2 Å². The van der Waals surface area contributed by atoms with Gasteiger partial charge in [-0.05, 0) is 36.8 Å². The fourth-order valence-electron chi connectivity index (χ4n) is 3.21. The number of piperazine rings is 1. The molecule has 1 aromatic carbocycles. The highest BCUT2D eigenvalue weighted by molar-refractivity contribution is 7.22. The molecule has 2 aromatic heterocycles. The molecule has 4 rings (SSSR count). The van der Waals surface area contributed by atoms with Gasteiger partial charge in [0.2, 0.25) is 0 Å². The van der Waals surface area contributed by atoms with Crippen LogP contribution in [0.5, 0.6) is 0 Å². The summed E-state index contributed by atoms with van der Waals surface area (Å²) in [5.74, 6) is -0.738. The van der Waals surface area contributed by atoms with Crippen molar-refractivity contribution in [2.75, 3.05) is 31.1 Å². The van der Waals surface area contributed by atoms with E-state index in [1.165, 1.54) is 4.88 Å². The number of benzene rings is 1. The Bertz CT molecular complexity index is 947. The van der Waals surface area contributed by atoms with Crippen LogP contribution in [0.3, 0.4) is 0 Å². The van der Waals surface area contributed by atoms with Gasteiger partial charge in [-0.25, -0.2) is 4.98 Å². The highest BCUT2D eigenvalue weighted by Crippen LogP contribution is 2.31. The SMILES string of the molecule is O=C(O)CCc1ccc(CN2CCN(c3nc4ccc(Cl)cc4s3)CC2)s1. The lowest BCUT2D eigenvalue weighted by atomic mass is 10.2. The first-order valence-corrected chi connectivity index (χ1v) is 10.9. The number of fused-ring (bicyclic) bond motifs is 1. The van der Waals surface area contributed by atoms with E-state index in [4.69, 9.17) is 21.7 Å². The van der Waals surface area contributed by atoms with Crippen LogP contribution >= 0.6 is 34.3 Å². The van der Waals surface area contributed by atoms with Crippen LogP contribution < -0.4 is 4.90 Å². The van der Waals surface area contributed by atoms with Gasteiger partial charge in [0.25, 0.3) is 0 Å². The number of carboxylic acids is 1. The molecule has 1 saturated heterocycles. The molecule has 0 unspecified atom stereocenters. The number of thiophene rings is 1. The maximum Gasteiger partial charge on any atom is 0.303 e. The number of aryl methyl sites for hydroxylation is 1. The minimum atomic E-state index is -0.738. The highest BCUT2D eigenvalue weighted by Gasteiger charge is 2.20. The van der Waals surface area contributed by atoms with E-state index >= 15 is 0 Å². The molecule has 0 aliphatic carbocycles. The summed E-state index contributed by atoms with van der Waals surface area (Å²) in [5, 5.41) is 10.6. The van der Waals surface area contributed by atoms with Crippen molar-refractivity contribution in [2.24, 2.45) is 0 Å². The van der Waals surface area contributed by atoms with E-state index in [0.717, 1.165) is 58.0 Å². The van der Waals surface area contributed by atoms with Gasteiger partial charge in [-0.1, -0.05) is 22.9 Å². The Morgan fingerprint density at radius 3 is 2.67 bits per heavy atom. The molecular weight excluding hydrogens is 402 g/mol. The number of aliphatic carboxylic acids is 1. The van der Waals surface area contributed by atoms with Gasteiger partial charge >= 0.3 is 5.97 Å². The standard InChI is InChI=1S/C19H20ClN3O2S2/c20-13-1-5-16-17(11-13)27-19(21-16)23-9-7-22(8-10-23)12-15-3-2-14(26-15)4-6-18(24)25/h1-3,5,11H,4,6-10,12H2,(H,24,25). The number of hydrogen-bond donors (Lipinski definition) is 1. The fraction of sp³-hybridized carbons (Fsp3) is 0.368. The number of thiazole rings is 1. The monoisotopic (exact) mass is 421 g/mol. The van der Waals surface area contributed by atoms with Gasteiger partial charge in [0.05, 0.1) is 16.6 Å². The molecule has 8 heteroatoms. The molecule has 3 heterocycles. The Morgan fingerprint density at radius 1 is 1.11 bits per heavy atom. The van der Waals surface area contributed by atoms with Gasteiger partial charge in [0, 0.05) is 47.5 Å². The first-order valence-electron chi connectivity index (χ1n) is 8.89. The first kappa shape index (κ1) is 18.7. The third-order valence-electron chi connectivity index (χ3n) is 4.66. The fourth-order valence-corrected chi connectivity index (χ4v) is 5.56. The van der Waals surface area contributed by atoms with Crippen molar-refractivity contribution < 1.29 is 9.90 Å². The average molecular weight is 422 g/mol. The third-order valence-corrected chi connectivity index (χ3v) is 7.11. The first-order chi connectivity index (χ1) is 13.1. The predicted molar refractivity (Wildman–Crippen MR) is 112 cm³/mol. The molecular formula is C19H20ClN3O2S2. The minimum absolute atomic E-state index is 0.200. The van der Waals surface area contributed by atoms with Crippen LogP contribution in [0, 0.1) is 0 Å². The van der Waals surface area contributed by atoms with Crippen LogP contribution in [0.2, 0.25) is 5.02 Å². The molecule has 1 aliphatic heterocycles. The summed E-state index contributed by atoms with van der Waals surface area (Å²) in [6, 6.07) is 10.0. The quantitative estimate of drug-likeness (QED) is 0.641. The molecule has 0 saturated carbocycles. The summed E-state index contributed by atoms with van der Waals surface area (Å²) in [4.78, 5) is 22.7. The molecule has 27 heavy (non-hydrogen) atoms. The Morgan fingerprint density at radius 2 is 1.89 bits per heavy atom. The van der Waals surface area contributed by atoms with Crippen molar-refractivity contribution in [3.63, 3.8) is 0 Å². The van der Waals surface area contributed by atoms with Crippen molar-refractivity contribution in [2.45, 2.75) is 19.4 Å². The number of rotatable bonds is 6. The second-order valence-corrected chi connectivity index (χ2v) is 9.33. The van der Waals surface area contributed by atoms with Crippen LogP contribution in [0.4, 0.5) is 5.13 Å². The molecule has 0 atom stereocenters. The Kier molecular flexibility index (Phi) is 5.63. The van der Waals surface area contributed by atoms with Gasteiger partial charge in [-0.15, -0.1) is 11.3 Å². The minimum Gasteiger partial charge on any atom is -0.481 e. The van der Waals surface area contributed by atoms with E-state index in [2.05, 4.69) is 21.9 Å². The second kappa shape index (κ2) is 8.14. The summed E-state index contributed by atoms with van der Waals surface area (Å²) in [7, 11) is 0. The van der Waals surface area contributed by atoms with Crippen molar-refractivity contribution in [3.05, 3.63) is 45.1 Å². The molecule has 0 spiro atoms. The smallest absolute Gasteiger partial charge is 0.303 e. The van der Waals surface area contributed by atoms with E-state index in [1.807, 2.05) is 18.2 Å². The molecule has 1 fully saturated rings. The van der Waals surface area contributed by atoms with Crippen LogP contribution in [-0.4, -0.2) is 47.1 Å². The largest absolute Gasteiger partial charge is 0.481 e. The summed E-state index contributed by atoms with van der Waals surface area (Å²) < 4.78 is 1.13. The van der Waals surface area contributed by atoms with Crippen LogP contribution in [0.15, 0.2) is 30.3 Å². The van der Waals surface area contributed by atoms with E-state index < -0.39 is 5.97 Å². The van der Waals surface area contributed by atoms with Gasteiger partial charge in [-0.2, -0.15) is 0 Å². The maximum absolute atomic E-state index is 10.7. The zero-order valence-electron chi connectivity index (χ0n) is 14.7. The Hall–Kier alpha value is -1.67. The molecule has 0 bridgehead atoms. The summed E-state index contributed by atoms with van der Waals surface area (Å²) >= 11 is 9.51. The lowest BCUT2D eigenvalue weighted by molar-refractivity contribution is -0.136. The Balaban J connectivity index is 1.32. The van der Waals surface area contributed by atoms with E-state index in [-0.39, 0.29) is 6.42 Å². The molecule has 1 N–H and O–H groups in total. The zero-order valence-corrected chi connectivity index (χ0v) is 17.1. The topological polar surface area (TPSA) is 56.7 Å². The lowest BCUT2D eigenvalue weighted by Crippen LogP contribution is -2.45. The summed E-state index contributed by atoms with van der Waals surface area (Å²) in [6.45, 7) is 4.86. The second-order valence-electron chi connectivity index (χ2n) is 6.63. The van der Waals surface area contributed by atoms with E-state index in [0.29, 0.717) is 6.42 Å². The molecule has 3 aromatic rings. The van der Waals surface area contributed by atoms with Gasteiger partial charge < -0.3 is 10.0 Å². The van der Waals surface area contributed by atoms with E-state index in [1.54, 1.807) is 22.7 Å². The molecule has 5 nitrogen and oxygen atoms in total. The third kappa shape index (κ3) is 4.60.